The number of hydrogen-bond acceptors (Lipinski definition) is 3. The van der Waals surface area contributed by atoms with Gasteiger partial charge in [-0.25, -0.2) is 0 Å². The first-order valence-electron chi connectivity index (χ1n) is 6.63. The van der Waals surface area contributed by atoms with Crippen molar-refractivity contribution in [2.75, 3.05) is 0 Å². The maximum absolute atomic E-state index is 12.0. The number of nitrogens with zero attached hydrogens (tertiary/aromatic N) is 1. The van der Waals surface area contributed by atoms with Crippen molar-refractivity contribution in [3.63, 3.8) is 0 Å². The van der Waals surface area contributed by atoms with Crippen LogP contribution in [0.2, 0.25) is 0 Å². The van der Waals surface area contributed by atoms with Gasteiger partial charge in [-0.1, -0.05) is 6.92 Å². The van der Waals surface area contributed by atoms with E-state index in [2.05, 4.69) is 17.2 Å². The molecular formula is C14H19N3O2. The molecule has 1 saturated carbocycles. The van der Waals surface area contributed by atoms with Crippen LogP contribution in [0.15, 0.2) is 18.3 Å². The molecule has 1 aliphatic rings. The Hall–Kier alpha value is -1.91. The molecule has 0 saturated heterocycles. The maximum Gasteiger partial charge on any atom is 0.267 e. The summed E-state index contributed by atoms with van der Waals surface area (Å²) in [5, 5.41) is 3.01. The Balaban J connectivity index is 1.94. The molecule has 19 heavy (non-hydrogen) atoms. The largest absolute Gasteiger partial charge is 0.364 e. The molecule has 2 rings (SSSR count). The molecule has 2 amide bonds. The molecule has 5 heteroatoms. The Morgan fingerprint density at radius 2 is 1.95 bits per heavy atom. The molecule has 3 N–H and O–H groups in total. The summed E-state index contributed by atoms with van der Waals surface area (Å²) in [6, 6.07) is 3.30. The van der Waals surface area contributed by atoms with Crippen molar-refractivity contribution < 1.29 is 9.59 Å². The van der Waals surface area contributed by atoms with Crippen LogP contribution < -0.4 is 11.1 Å². The average Bonchev–Trinajstić information content (AvgIpc) is 2.41. The van der Waals surface area contributed by atoms with E-state index in [-0.39, 0.29) is 17.6 Å². The van der Waals surface area contributed by atoms with Gasteiger partial charge in [0.05, 0.1) is 5.56 Å². The lowest BCUT2D eigenvalue weighted by Crippen LogP contribution is -2.37. The summed E-state index contributed by atoms with van der Waals surface area (Å²) in [7, 11) is 0. The Morgan fingerprint density at radius 1 is 1.26 bits per heavy atom. The van der Waals surface area contributed by atoms with Gasteiger partial charge in [0, 0.05) is 12.2 Å². The molecule has 0 unspecified atom stereocenters. The highest BCUT2D eigenvalue weighted by molar-refractivity contribution is 5.95. The van der Waals surface area contributed by atoms with Gasteiger partial charge in [0.25, 0.3) is 11.8 Å². The third-order valence-electron chi connectivity index (χ3n) is 3.63. The van der Waals surface area contributed by atoms with Crippen molar-refractivity contribution in [2.24, 2.45) is 11.7 Å². The number of carbonyl (C=O) groups excluding carboxylic acids is 2. The second-order valence-corrected chi connectivity index (χ2v) is 5.23. The second-order valence-electron chi connectivity index (χ2n) is 5.23. The summed E-state index contributed by atoms with van der Waals surface area (Å²) in [6.45, 7) is 2.24. The number of aromatic nitrogens is 1. The van der Waals surface area contributed by atoms with Crippen molar-refractivity contribution in [1.82, 2.24) is 10.3 Å². The molecule has 1 aromatic rings. The zero-order valence-corrected chi connectivity index (χ0v) is 11.1. The number of pyridine rings is 1. The molecular weight excluding hydrogens is 242 g/mol. The maximum atomic E-state index is 12.0. The van der Waals surface area contributed by atoms with Crippen molar-refractivity contribution >= 4 is 11.8 Å². The monoisotopic (exact) mass is 261 g/mol. The lowest BCUT2D eigenvalue weighted by atomic mass is 9.87. The zero-order chi connectivity index (χ0) is 13.8. The second kappa shape index (κ2) is 5.82. The first-order chi connectivity index (χ1) is 9.06. The summed E-state index contributed by atoms with van der Waals surface area (Å²) in [6.07, 6.45) is 5.76. The van der Waals surface area contributed by atoms with Crippen molar-refractivity contribution in [2.45, 2.75) is 38.6 Å². The van der Waals surface area contributed by atoms with Crippen molar-refractivity contribution in [3.8, 4) is 0 Å². The van der Waals surface area contributed by atoms with Crippen molar-refractivity contribution in [3.05, 3.63) is 29.6 Å². The molecule has 0 aliphatic heterocycles. The minimum Gasteiger partial charge on any atom is -0.364 e. The molecule has 0 atom stereocenters. The highest BCUT2D eigenvalue weighted by Gasteiger charge is 2.20. The van der Waals surface area contributed by atoms with Crippen LogP contribution >= 0.6 is 0 Å². The van der Waals surface area contributed by atoms with Crippen LogP contribution in [0, 0.1) is 5.92 Å². The molecule has 1 heterocycles. The molecule has 1 aromatic heterocycles. The minimum atomic E-state index is -0.590. The highest BCUT2D eigenvalue weighted by atomic mass is 16.2. The predicted octanol–water partition coefficient (Wildman–Crippen LogP) is 1.49. The number of nitrogens with two attached hydrogens (primary N) is 1. The lowest BCUT2D eigenvalue weighted by molar-refractivity contribution is 0.0920. The zero-order valence-electron chi connectivity index (χ0n) is 11.1. The summed E-state index contributed by atoms with van der Waals surface area (Å²) >= 11 is 0. The van der Waals surface area contributed by atoms with E-state index in [1.54, 1.807) is 6.07 Å². The number of amides is 2. The van der Waals surface area contributed by atoms with Gasteiger partial charge < -0.3 is 11.1 Å². The van der Waals surface area contributed by atoms with Gasteiger partial charge in [-0.15, -0.1) is 0 Å². The molecule has 102 valence electrons. The Morgan fingerprint density at radius 3 is 2.47 bits per heavy atom. The van der Waals surface area contributed by atoms with Crippen LogP contribution in [-0.2, 0) is 0 Å². The van der Waals surface area contributed by atoms with E-state index < -0.39 is 5.91 Å². The van der Waals surface area contributed by atoms with E-state index in [1.807, 2.05) is 0 Å². The Bertz CT molecular complexity index is 462. The van der Waals surface area contributed by atoms with E-state index in [4.69, 9.17) is 5.73 Å². The number of hydrogen-bond donors (Lipinski definition) is 2. The van der Waals surface area contributed by atoms with Gasteiger partial charge in [-0.3, -0.25) is 14.6 Å². The fourth-order valence-corrected chi connectivity index (χ4v) is 2.35. The normalized spacial score (nSPS) is 22.8. The molecule has 0 aromatic carbocycles. The number of rotatable bonds is 3. The fraction of sp³-hybridized carbons (Fsp3) is 0.500. The topological polar surface area (TPSA) is 85.1 Å². The van der Waals surface area contributed by atoms with Crippen molar-refractivity contribution in [1.29, 1.82) is 0 Å². The quantitative estimate of drug-likeness (QED) is 0.864. The standard InChI is InChI=1S/C14H19N3O2/c1-9-2-5-11(6-3-9)17-14(19)10-4-7-12(13(15)18)16-8-10/h4,7-9,11H,2-3,5-6H2,1H3,(H2,15,18)(H,17,19). The molecule has 0 bridgehead atoms. The first kappa shape index (κ1) is 13.5. The molecule has 1 fully saturated rings. The fourth-order valence-electron chi connectivity index (χ4n) is 2.35. The third-order valence-corrected chi connectivity index (χ3v) is 3.63. The summed E-state index contributed by atoms with van der Waals surface area (Å²) in [4.78, 5) is 26.8. The van der Waals surface area contributed by atoms with E-state index in [1.165, 1.54) is 12.3 Å². The van der Waals surface area contributed by atoms with Crippen LogP contribution in [0.4, 0.5) is 0 Å². The smallest absolute Gasteiger partial charge is 0.267 e. The van der Waals surface area contributed by atoms with Crippen LogP contribution in [0.25, 0.3) is 0 Å². The van der Waals surface area contributed by atoms with Gasteiger partial charge in [0.15, 0.2) is 0 Å². The van der Waals surface area contributed by atoms with Crippen LogP contribution in [0.5, 0.6) is 0 Å². The summed E-state index contributed by atoms with van der Waals surface area (Å²) in [5.74, 6) is 0.0287. The van der Waals surface area contributed by atoms with Gasteiger partial charge in [-0.05, 0) is 43.7 Å². The van der Waals surface area contributed by atoms with Gasteiger partial charge in [-0.2, -0.15) is 0 Å². The number of carbonyl (C=O) groups is 2. The SMILES string of the molecule is CC1CCC(NC(=O)c2ccc(C(N)=O)nc2)CC1. The van der Waals surface area contributed by atoms with Crippen LogP contribution in [0.1, 0.15) is 53.5 Å². The number of nitrogens with one attached hydrogen (secondary N) is 1. The predicted molar refractivity (Wildman–Crippen MR) is 71.6 cm³/mol. The van der Waals surface area contributed by atoms with E-state index in [0.29, 0.717) is 5.56 Å². The van der Waals surface area contributed by atoms with E-state index in [0.717, 1.165) is 31.6 Å². The Kier molecular flexibility index (Phi) is 4.14. The molecule has 5 nitrogen and oxygen atoms in total. The van der Waals surface area contributed by atoms with Gasteiger partial charge >= 0.3 is 0 Å². The summed E-state index contributed by atoms with van der Waals surface area (Å²) < 4.78 is 0. The van der Waals surface area contributed by atoms with E-state index in [9.17, 15) is 9.59 Å². The van der Waals surface area contributed by atoms with Crippen LogP contribution in [-0.4, -0.2) is 22.8 Å². The number of primary amides is 1. The van der Waals surface area contributed by atoms with E-state index >= 15 is 0 Å². The third kappa shape index (κ3) is 3.53. The summed E-state index contributed by atoms with van der Waals surface area (Å²) in [5.41, 5.74) is 5.73. The lowest BCUT2D eigenvalue weighted by Gasteiger charge is -2.26. The molecule has 0 radical (unpaired) electrons. The molecule has 0 spiro atoms. The Labute approximate surface area is 112 Å². The van der Waals surface area contributed by atoms with Crippen LogP contribution in [0.3, 0.4) is 0 Å². The average molecular weight is 261 g/mol. The minimum absolute atomic E-state index is 0.136. The highest BCUT2D eigenvalue weighted by Crippen LogP contribution is 2.23. The molecule has 1 aliphatic carbocycles. The van der Waals surface area contributed by atoms with Gasteiger partial charge in [0.1, 0.15) is 5.69 Å². The first-order valence-corrected chi connectivity index (χ1v) is 6.63. The van der Waals surface area contributed by atoms with Gasteiger partial charge in [0.2, 0.25) is 0 Å².